The Morgan fingerprint density at radius 2 is 2.22 bits per heavy atom. The van der Waals surface area contributed by atoms with Gasteiger partial charge in [-0.25, -0.2) is 8.78 Å². The molecule has 0 aliphatic carbocycles. The molecule has 2 nitrogen and oxygen atoms in total. The van der Waals surface area contributed by atoms with Crippen LogP contribution in [0.2, 0.25) is 0 Å². The summed E-state index contributed by atoms with van der Waals surface area (Å²) in [5.74, 6) is -1.21. The molecule has 1 aromatic rings. The average molecular weight is 318 g/mol. The fraction of sp³-hybridized carbons (Fsp3) is 0.462. The summed E-state index contributed by atoms with van der Waals surface area (Å²) < 4.78 is 26.5. The van der Waals surface area contributed by atoms with Gasteiger partial charge in [-0.2, -0.15) is 0 Å². The van der Waals surface area contributed by atoms with E-state index in [0.717, 1.165) is 36.4 Å². The number of amides is 1. The number of alkyl halides is 1. The van der Waals surface area contributed by atoms with E-state index in [1.54, 1.807) is 4.90 Å². The van der Waals surface area contributed by atoms with E-state index in [0.29, 0.717) is 19.0 Å². The second kappa shape index (κ2) is 5.78. The van der Waals surface area contributed by atoms with Crippen LogP contribution in [0.5, 0.6) is 0 Å². The normalized spacial score (nSPS) is 19.3. The second-order valence-corrected chi connectivity index (χ2v) is 5.30. The number of likely N-dealkylation sites (tertiary alicyclic amines) is 1. The number of carbonyl (C=O) groups excluding carboxylic acids is 1. The Kier molecular flexibility index (Phi) is 4.32. The molecule has 1 aromatic carbocycles. The van der Waals surface area contributed by atoms with Crippen molar-refractivity contribution in [3.63, 3.8) is 0 Å². The van der Waals surface area contributed by atoms with Crippen LogP contribution >= 0.6 is 15.9 Å². The maximum atomic E-state index is 13.5. The summed E-state index contributed by atoms with van der Waals surface area (Å²) in [5.41, 5.74) is -0.172. The fourth-order valence-corrected chi connectivity index (χ4v) is 2.89. The molecule has 1 aliphatic heterocycles. The molecule has 0 N–H and O–H groups in total. The lowest BCUT2D eigenvalue weighted by molar-refractivity contribution is 0.0782. The Bertz CT molecular complexity index is 453. The van der Waals surface area contributed by atoms with Crippen molar-refractivity contribution < 1.29 is 13.6 Å². The molecule has 1 atom stereocenters. The summed E-state index contributed by atoms with van der Waals surface area (Å²) >= 11 is 3.37. The van der Waals surface area contributed by atoms with Crippen LogP contribution in [0.15, 0.2) is 18.2 Å². The van der Waals surface area contributed by atoms with Crippen molar-refractivity contribution in [3.8, 4) is 0 Å². The highest BCUT2D eigenvalue weighted by atomic mass is 79.9. The predicted molar refractivity (Wildman–Crippen MR) is 68.8 cm³/mol. The van der Waals surface area contributed by atoms with Crippen molar-refractivity contribution in [1.29, 1.82) is 0 Å². The van der Waals surface area contributed by atoms with E-state index in [2.05, 4.69) is 15.9 Å². The number of halogens is 3. The van der Waals surface area contributed by atoms with Gasteiger partial charge in [0, 0.05) is 18.4 Å². The third-order valence-corrected chi connectivity index (χ3v) is 3.71. The van der Waals surface area contributed by atoms with Crippen LogP contribution < -0.4 is 0 Å². The summed E-state index contributed by atoms with van der Waals surface area (Å²) in [6.45, 7) is 1.24. The number of benzene rings is 1. The van der Waals surface area contributed by atoms with Gasteiger partial charge in [0.2, 0.25) is 0 Å². The van der Waals surface area contributed by atoms with Crippen molar-refractivity contribution in [1.82, 2.24) is 4.90 Å². The van der Waals surface area contributed by atoms with Crippen LogP contribution in [-0.2, 0) is 0 Å². The first kappa shape index (κ1) is 13.5. The average Bonchev–Trinajstić information content (AvgIpc) is 2.80. The van der Waals surface area contributed by atoms with Gasteiger partial charge in [-0.05, 0) is 37.0 Å². The number of rotatable bonds is 3. The summed E-state index contributed by atoms with van der Waals surface area (Å²) in [6.07, 6.45) is 1.92. The molecule has 5 heteroatoms. The van der Waals surface area contributed by atoms with Gasteiger partial charge in [0.1, 0.15) is 11.6 Å². The quantitative estimate of drug-likeness (QED) is 0.784. The van der Waals surface area contributed by atoms with E-state index in [1.165, 1.54) is 0 Å². The van der Waals surface area contributed by atoms with Gasteiger partial charge >= 0.3 is 0 Å². The first-order chi connectivity index (χ1) is 8.61. The van der Waals surface area contributed by atoms with Gasteiger partial charge < -0.3 is 4.90 Å². The Morgan fingerprint density at radius 3 is 2.94 bits per heavy atom. The molecule has 2 rings (SSSR count). The van der Waals surface area contributed by atoms with Gasteiger partial charge in [0.15, 0.2) is 0 Å². The van der Waals surface area contributed by atoms with E-state index in [9.17, 15) is 13.6 Å². The molecule has 98 valence electrons. The zero-order valence-corrected chi connectivity index (χ0v) is 11.4. The van der Waals surface area contributed by atoms with Crippen molar-refractivity contribution >= 4 is 21.8 Å². The highest BCUT2D eigenvalue weighted by Gasteiger charge is 2.28. The molecule has 0 spiro atoms. The molecule has 18 heavy (non-hydrogen) atoms. The van der Waals surface area contributed by atoms with Crippen LogP contribution in [0.25, 0.3) is 0 Å². The molecule has 1 heterocycles. The molecule has 0 aromatic heterocycles. The smallest absolute Gasteiger partial charge is 0.256 e. The lowest BCUT2D eigenvalue weighted by Crippen LogP contribution is -2.29. The maximum absolute atomic E-state index is 13.5. The monoisotopic (exact) mass is 317 g/mol. The van der Waals surface area contributed by atoms with Gasteiger partial charge in [0.05, 0.1) is 5.56 Å². The number of hydrogen-bond donors (Lipinski definition) is 0. The second-order valence-electron chi connectivity index (χ2n) is 4.51. The Labute approximate surface area is 113 Å². The van der Waals surface area contributed by atoms with E-state index in [-0.39, 0.29) is 5.56 Å². The van der Waals surface area contributed by atoms with Gasteiger partial charge in [0.25, 0.3) is 5.91 Å². The van der Waals surface area contributed by atoms with Crippen LogP contribution in [0.1, 0.15) is 23.2 Å². The van der Waals surface area contributed by atoms with Crippen LogP contribution in [-0.4, -0.2) is 29.2 Å². The van der Waals surface area contributed by atoms with Crippen molar-refractivity contribution in [2.75, 3.05) is 18.4 Å². The van der Waals surface area contributed by atoms with Gasteiger partial charge in [-0.15, -0.1) is 0 Å². The van der Waals surface area contributed by atoms with Crippen LogP contribution in [0.4, 0.5) is 8.78 Å². The van der Waals surface area contributed by atoms with E-state index in [4.69, 9.17) is 0 Å². The number of carbonyl (C=O) groups is 1. The van der Waals surface area contributed by atoms with Gasteiger partial charge in [-0.1, -0.05) is 15.9 Å². The number of nitrogens with zero attached hydrogens (tertiary/aromatic N) is 1. The zero-order chi connectivity index (χ0) is 13.1. The maximum Gasteiger partial charge on any atom is 0.256 e. The summed E-state index contributed by atoms with van der Waals surface area (Å²) in [7, 11) is 0. The van der Waals surface area contributed by atoms with Gasteiger partial charge in [-0.3, -0.25) is 4.79 Å². The summed E-state index contributed by atoms with van der Waals surface area (Å²) in [5, 5.41) is 0.897. The third kappa shape index (κ3) is 2.88. The minimum absolute atomic E-state index is 0.172. The Balaban J connectivity index is 2.10. The van der Waals surface area contributed by atoms with Crippen LogP contribution in [0, 0.1) is 17.6 Å². The molecule has 0 saturated carbocycles. The van der Waals surface area contributed by atoms with E-state index in [1.807, 2.05) is 0 Å². The molecule has 1 fully saturated rings. The lowest BCUT2D eigenvalue weighted by atomic mass is 10.1. The fourth-order valence-electron chi connectivity index (χ4n) is 2.24. The molecule has 1 amide bonds. The highest BCUT2D eigenvalue weighted by Crippen LogP contribution is 2.23. The zero-order valence-electron chi connectivity index (χ0n) is 9.83. The molecule has 1 aliphatic rings. The molecular weight excluding hydrogens is 304 g/mol. The molecule has 0 bridgehead atoms. The van der Waals surface area contributed by atoms with Crippen molar-refractivity contribution in [3.05, 3.63) is 35.4 Å². The summed E-state index contributed by atoms with van der Waals surface area (Å²) in [4.78, 5) is 13.7. The first-order valence-electron chi connectivity index (χ1n) is 5.92. The Hall–Kier alpha value is -0.970. The number of hydrogen-bond acceptors (Lipinski definition) is 1. The highest BCUT2D eigenvalue weighted by molar-refractivity contribution is 9.09. The predicted octanol–water partition coefficient (Wildman–Crippen LogP) is 3.21. The first-order valence-corrected chi connectivity index (χ1v) is 7.04. The molecule has 1 unspecified atom stereocenters. The topological polar surface area (TPSA) is 20.3 Å². The molecule has 0 radical (unpaired) electrons. The standard InChI is InChI=1S/C13H14BrF2NO/c14-5-3-9-4-6-17(8-9)13(18)11-7-10(15)1-2-12(11)16/h1-2,7,9H,3-6,8H2. The largest absolute Gasteiger partial charge is 0.338 e. The van der Waals surface area contributed by atoms with Crippen molar-refractivity contribution in [2.24, 2.45) is 5.92 Å². The van der Waals surface area contributed by atoms with E-state index < -0.39 is 17.5 Å². The lowest BCUT2D eigenvalue weighted by Gasteiger charge is -2.16. The van der Waals surface area contributed by atoms with Crippen molar-refractivity contribution in [2.45, 2.75) is 12.8 Å². The Morgan fingerprint density at radius 1 is 1.44 bits per heavy atom. The third-order valence-electron chi connectivity index (χ3n) is 3.25. The minimum atomic E-state index is -0.662. The summed E-state index contributed by atoms with van der Waals surface area (Å²) in [6, 6.07) is 2.98. The van der Waals surface area contributed by atoms with Crippen LogP contribution in [0.3, 0.4) is 0 Å². The minimum Gasteiger partial charge on any atom is -0.338 e. The molecular formula is C13H14BrF2NO. The molecule has 1 saturated heterocycles. The SMILES string of the molecule is O=C(c1cc(F)ccc1F)N1CCC(CCBr)C1. The van der Waals surface area contributed by atoms with E-state index >= 15 is 0 Å².